The summed E-state index contributed by atoms with van der Waals surface area (Å²) >= 11 is 0. The number of rotatable bonds is 3. The predicted molar refractivity (Wildman–Crippen MR) is 54.3 cm³/mol. The van der Waals surface area contributed by atoms with Crippen LogP contribution < -0.4 is 5.32 Å². The average Bonchev–Trinajstić information content (AvgIpc) is 2.93. The summed E-state index contributed by atoms with van der Waals surface area (Å²) in [6.07, 6.45) is 2.42. The molecule has 3 nitrogen and oxygen atoms in total. The summed E-state index contributed by atoms with van der Waals surface area (Å²) in [5, 5.41) is 22.3. The lowest BCUT2D eigenvalue weighted by atomic mass is 10.1. The van der Waals surface area contributed by atoms with Gasteiger partial charge in [-0.1, -0.05) is 0 Å². The minimum Gasteiger partial charge on any atom is -0.508 e. The van der Waals surface area contributed by atoms with E-state index in [-0.39, 0.29) is 17.5 Å². The summed E-state index contributed by atoms with van der Waals surface area (Å²) in [4.78, 5) is 0. The van der Waals surface area contributed by atoms with Crippen LogP contribution in [0.5, 0.6) is 11.5 Å². The molecule has 76 valence electrons. The van der Waals surface area contributed by atoms with Gasteiger partial charge in [0.2, 0.25) is 0 Å². The van der Waals surface area contributed by atoms with Crippen LogP contribution in [0, 0.1) is 0 Å². The van der Waals surface area contributed by atoms with E-state index < -0.39 is 0 Å². The van der Waals surface area contributed by atoms with Crippen LogP contribution in [-0.2, 0) is 0 Å². The monoisotopic (exact) mass is 193 g/mol. The summed E-state index contributed by atoms with van der Waals surface area (Å²) in [5.41, 5.74) is 0.761. The van der Waals surface area contributed by atoms with Crippen LogP contribution in [-0.4, -0.2) is 16.3 Å². The first-order valence-electron chi connectivity index (χ1n) is 4.95. The molecule has 1 saturated carbocycles. The molecule has 0 bridgehead atoms. The van der Waals surface area contributed by atoms with E-state index in [1.165, 1.54) is 25.0 Å². The Hall–Kier alpha value is -1.22. The van der Waals surface area contributed by atoms with Gasteiger partial charge in [0.15, 0.2) is 0 Å². The molecular formula is C11H15NO2. The van der Waals surface area contributed by atoms with Crippen LogP contribution in [0.2, 0.25) is 0 Å². The number of phenolic OH excluding ortho intramolecular Hbond substituents is 2. The molecule has 1 fully saturated rings. The third kappa shape index (κ3) is 1.99. The summed E-state index contributed by atoms with van der Waals surface area (Å²) in [6.45, 7) is 1.99. The van der Waals surface area contributed by atoms with E-state index in [2.05, 4.69) is 5.32 Å². The van der Waals surface area contributed by atoms with Gasteiger partial charge >= 0.3 is 0 Å². The zero-order valence-corrected chi connectivity index (χ0v) is 8.20. The molecule has 1 unspecified atom stereocenters. The Morgan fingerprint density at radius 3 is 2.71 bits per heavy atom. The Morgan fingerprint density at radius 1 is 1.36 bits per heavy atom. The van der Waals surface area contributed by atoms with Crippen molar-refractivity contribution in [1.29, 1.82) is 0 Å². The van der Waals surface area contributed by atoms with E-state index in [9.17, 15) is 10.2 Å². The van der Waals surface area contributed by atoms with Crippen LogP contribution in [0.25, 0.3) is 0 Å². The molecule has 1 aliphatic carbocycles. The van der Waals surface area contributed by atoms with Gasteiger partial charge in [0.05, 0.1) is 0 Å². The fourth-order valence-corrected chi connectivity index (χ4v) is 1.58. The van der Waals surface area contributed by atoms with Gasteiger partial charge in [-0.2, -0.15) is 0 Å². The van der Waals surface area contributed by atoms with E-state index in [1.54, 1.807) is 6.07 Å². The molecule has 1 aromatic rings. The first kappa shape index (κ1) is 9.34. The molecule has 0 aliphatic heterocycles. The Balaban J connectivity index is 2.15. The maximum atomic E-state index is 9.59. The summed E-state index contributed by atoms with van der Waals surface area (Å²) < 4.78 is 0. The average molecular weight is 193 g/mol. The molecule has 3 heteroatoms. The van der Waals surface area contributed by atoms with Gasteiger partial charge in [-0.3, -0.25) is 0 Å². The van der Waals surface area contributed by atoms with Gasteiger partial charge in [-0.05, 0) is 38.0 Å². The van der Waals surface area contributed by atoms with E-state index in [4.69, 9.17) is 0 Å². The van der Waals surface area contributed by atoms with Crippen molar-refractivity contribution >= 4 is 0 Å². The second-order valence-electron chi connectivity index (χ2n) is 3.91. The lowest BCUT2D eigenvalue weighted by Crippen LogP contribution is -2.20. The van der Waals surface area contributed by atoms with Crippen molar-refractivity contribution in [3.8, 4) is 11.5 Å². The number of hydrogen-bond acceptors (Lipinski definition) is 3. The maximum Gasteiger partial charge on any atom is 0.120 e. The highest BCUT2D eigenvalue weighted by Crippen LogP contribution is 2.30. The van der Waals surface area contributed by atoms with Crippen LogP contribution in [0.15, 0.2) is 18.2 Å². The first-order valence-corrected chi connectivity index (χ1v) is 4.95. The zero-order valence-electron chi connectivity index (χ0n) is 8.20. The smallest absolute Gasteiger partial charge is 0.120 e. The predicted octanol–water partition coefficient (Wildman–Crippen LogP) is 1.91. The molecule has 3 N–H and O–H groups in total. The molecule has 0 radical (unpaired) electrons. The topological polar surface area (TPSA) is 52.5 Å². The van der Waals surface area contributed by atoms with E-state index in [0.29, 0.717) is 6.04 Å². The molecule has 0 amide bonds. The highest BCUT2D eigenvalue weighted by Gasteiger charge is 2.24. The number of aromatic hydroxyl groups is 2. The quantitative estimate of drug-likeness (QED) is 0.643. The van der Waals surface area contributed by atoms with Crippen molar-refractivity contribution in [2.75, 3.05) is 0 Å². The Bertz CT molecular complexity index is 334. The third-order valence-corrected chi connectivity index (χ3v) is 2.54. The standard InChI is InChI=1S/C11H15NO2/c1-7(12-8-2-3-8)10-6-9(13)4-5-11(10)14/h4-8,12-14H,2-3H2,1H3. The van der Waals surface area contributed by atoms with Gasteiger partial charge < -0.3 is 15.5 Å². The molecule has 0 spiro atoms. The Kier molecular flexibility index (Phi) is 2.33. The maximum absolute atomic E-state index is 9.59. The first-order chi connectivity index (χ1) is 6.66. The zero-order chi connectivity index (χ0) is 10.1. The van der Waals surface area contributed by atoms with Gasteiger partial charge in [-0.15, -0.1) is 0 Å². The molecule has 2 rings (SSSR count). The molecule has 14 heavy (non-hydrogen) atoms. The molecule has 0 saturated heterocycles. The van der Waals surface area contributed by atoms with Crippen LogP contribution in [0.3, 0.4) is 0 Å². The highest BCUT2D eigenvalue weighted by atomic mass is 16.3. The minimum atomic E-state index is 0.0922. The van der Waals surface area contributed by atoms with Crippen LogP contribution in [0.4, 0.5) is 0 Å². The molecular weight excluding hydrogens is 178 g/mol. The summed E-state index contributed by atoms with van der Waals surface area (Å²) in [5.74, 6) is 0.436. The lowest BCUT2D eigenvalue weighted by Gasteiger charge is -2.15. The second-order valence-corrected chi connectivity index (χ2v) is 3.91. The van der Waals surface area contributed by atoms with Crippen molar-refractivity contribution in [3.05, 3.63) is 23.8 Å². The van der Waals surface area contributed by atoms with Gasteiger partial charge in [0.1, 0.15) is 11.5 Å². The summed E-state index contributed by atoms with van der Waals surface area (Å²) in [7, 11) is 0. The molecule has 0 aromatic heterocycles. The fraction of sp³-hybridized carbons (Fsp3) is 0.455. The normalized spacial score (nSPS) is 18.1. The largest absolute Gasteiger partial charge is 0.508 e. The van der Waals surface area contributed by atoms with Crippen LogP contribution >= 0.6 is 0 Å². The van der Waals surface area contributed by atoms with Gasteiger partial charge in [0.25, 0.3) is 0 Å². The highest BCUT2D eigenvalue weighted by molar-refractivity contribution is 5.40. The number of phenols is 2. The van der Waals surface area contributed by atoms with E-state index in [1.807, 2.05) is 6.92 Å². The molecule has 1 aliphatic rings. The molecule has 1 aromatic carbocycles. The molecule has 0 heterocycles. The second kappa shape index (κ2) is 3.50. The fourth-order valence-electron chi connectivity index (χ4n) is 1.58. The Morgan fingerprint density at radius 2 is 2.07 bits per heavy atom. The molecule has 1 atom stereocenters. The number of hydrogen-bond donors (Lipinski definition) is 3. The SMILES string of the molecule is CC(NC1CC1)c1cc(O)ccc1O. The third-order valence-electron chi connectivity index (χ3n) is 2.54. The van der Waals surface area contributed by atoms with Crippen molar-refractivity contribution in [1.82, 2.24) is 5.32 Å². The van der Waals surface area contributed by atoms with Gasteiger partial charge in [-0.25, -0.2) is 0 Å². The van der Waals surface area contributed by atoms with Crippen molar-refractivity contribution in [2.24, 2.45) is 0 Å². The van der Waals surface area contributed by atoms with E-state index in [0.717, 1.165) is 5.56 Å². The summed E-state index contributed by atoms with van der Waals surface area (Å²) in [6, 6.07) is 5.30. The minimum absolute atomic E-state index is 0.0922. The van der Waals surface area contributed by atoms with Gasteiger partial charge in [0, 0.05) is 17.6 Å². The van der Waals surface area contributed by atoms with E-state index >= 15 is 0 Å². The number of benzene rings is 1. The van der Waals surface area contributed by atoms with Crippen molar-refractivity contribution < 1.29 is 10.2 Å². The van der Waals surface area contributed by atoms with Crippen LogP contribution in [0.1, 0.15) is 31.4 Å². The Labute approximate surface area is 83.4 Å². The van der Waals surface area contributed by atoms with Crippen molar-refractivity contribution in [2.45, 2.75) is 31.8 Å². The number of nitrogens with one attached hydrogen (secondary N) is 1. The van der Waals surface area contributed by atoms with Crippen molar-refractivity contribution in [3.63, 3.8) is 0 Å². The lowest BCUT2D eigenvalue weighted by molar-refractivity contribution is 0.440.